The van der Waals surface area contributed by atoms with Gasteiger partial charge in [0.05, 0.1) is 10.5 Å². The fourth-order valence-corrected chi connectivity index (χ4v) is 12.9. The van der Waals surface area contributed by atoms with Crippen LogP contribution in [0, 0.1) is 66.8 Å². The van der Waals surface area contributed by atoms with Crippen LogP contribution in [-0.4, -0.2) is 29.6 Å². The highest BCUT2D eigenvalue weighted by molar-refractivity contribution is 5.89. The van der Waals surface area contributed by atoms with Crippen LogP contribution in [0.4, 0.5) is 5.69 Å². The zero-order valence-corrected chi connectivity index (χ0v) is 29.2. The maximum absolute atomic E-state index is 12.9. The Morgan fingerprint density at radius 1 is 0.870 bits per heavy atom. The fraction of sp³-hybridized carbons (Fsp3) is 0.744. The minimum atomic E-state index is -0.469. The molecule has 0 radical (unpaired) electrons. The number of nitrogens with zero attached hydrogens (tertiary/aromatic N) is 1. The average Bonchev–Trinajstić information content (AvgIpc) is 3.35. The number of carbonyl (C=O) groups is 2. The Morgan fingerprint density at radius 3 is 2.22 bits per heavy atom. The third-order valence-corrected chi connectivity index (χ3v) is 15.3. The van der Waals surface area contributed by atoms with Crippen LogP contribution >= 0.6 is 0 Å². The van der Waals surface area contributed by atoms with Gasteiger partial charge in [-0.05, 0) is 133 Å². The minimum Gasteiger partial charge on any atom is -0.462 e. The topological polar surface area (TPSA) is 95.7 Å². The molecule has 0 bridgehead atoms. The first-order chi connectivity index (χ1) is 21.5. The third-order valence-electron chi connectivity index (χ3n) is 15.3. The molecule has 0 unspecified atom stereocenters. The van der Waals surface area contributed by atoms with Crippen molar-refractivity contribution in [3.63, 3.8) is 0 Å². The van der Waals surface area contributed by atoms with Gasteiger partial charge < -0.3 is 9.47 Å². The van der Waals surface area contributed by atoms with Crippen LogP contribution < -0.4 is 0 Å². The van der Waals surface area contributed by atoms with Gasteiger partial charge >= 0.3 is 11.9 Å². The number of fused-ring (bicyclic) bond motifs is 7. The van der Waals surface area contributed by atoms with Gasteiger partial charge in [0.15, 0.2) is 0 Å². The Hall–Kier alpha value is -2.70. The highest BCUT2D eigenvalue weighted by Gasteiger charge is 2.70. The van der Waals surface area contributed by atoms with E-state index < -0.39 is 10.9 Å². The number of esters is 2. The lowest BCUT2D eigenvalue weighted by molar-refractivity contribution is -0.384. The smallest absolute Gasteiger partial charge is 0.338 e. The molecule has 5 aliphatic carbocycles. The molecule has 46 heavy (non-hydrogen) atoms. The van der Waals surface area contributed by atoms with Crippen LogP contribution in [-0.2, 0) is 14.3 Å². The second kappa shape index (κ2) is 11.2. The van der Waals surface area contributed by atoms with Crippen molar-refractivity contribution in [3.05, 3.63) is 52.1 Å². The number of hydrogen-bond donors (Lipinski definition) is 0. The molecule has 5 fully saturated rings. The molecule has 6 rings (SSSR count). The zero-order chi connectivity index (χ0) is 33.4. The van der Waals surface area contributed by atoms with Gasteiger partial charge in [0.1, 0.15) is 12.7 Å². The number of carbonyl (C=O) groups excluding carboxylic acids is 2. The molecule has 7 nitrogen and oxygen atoms in total. The third kappa shape index (κ3) is 4.87. The van der Waals surface area contributed by atoms with E-state index in [0.717, 1.165) is 24.8 Å². The van der Waals surface area contributed by atoms with Crippen LogP contribution in [0.15, 0.2) is 36.4 Å². The van der Waals surface area contributed by atoms with Crippen molar-refractivity contribution in [2.45, 2.75) is 119 Å². The van der Waals surface area contributed by atoms with Crippen LogP contribution in [0.3, 0.4) is 0 Å². The number of ether oxygens (including phenoxy) is 2. The SMILES string of the molecule is C=C(COC(=O)c1ccc([N+](=O)[O-])cc1)[C@@H]1CC[C@]2(C)CC[C@]3(C)[C@H](CC[C@@H]4[C@@]5(C)CC[C@H](OC(C)=O)C(C)(C)[C@@H]5CC[C@]43C)[C@@H]12. The standard InChI is InChI=1S/C39H55NO6/c1-24(23-45-34(42)26-9-11-27(12-10-26)40(43)44)28-15-18-36(5)21-22-38(7)29(33(28)36)13-14-31-37(6)19-17-32(46-25(2)41)35(3,4)30(37)16-20-39(31,38)8/h9-12,28-33H,1,13-23H2,2-8H3/t28-,29+,30-,31+,32-,33+,36+,37-,38+,39+/m0/s1. The lowest BCUT2D eigenvalue weighted by atomic mass is 9.32. The highest BCUT2D eigenvalue weighted by Crippen LogP contribution is 2.77. The van der Waals surface area contributed by atoms with Crippen molar-refractivity contribution in [2.24, 2.45) is 56.7 Å². The Balaban J connectivity index is 1.21. The molecule has 10 atom stereocenters. The number of nitro groups is 1. The number of hydrogen-bond acceptors (Lipinski definition) is 6. The predicted molar refractivity (Wildman–Crippen MR) is 178 cm³/mol. The molecule has 5 saturated carbocycles. The molecule has 0 N–H and O–H groups in total. The van der Waals surface area contributed by atoms with Gasteiger partial charge in [-0.15, -0.1) is 0 Å². The number of nitro benzene ring substituents is 1. The van der Waals surface area contributed by atoms with E-state index in [4.69, 9.17) is 9.47 Å². The van der Waals surface area contributed by atoms with Gasteiger partial charge in [-0.2, -0.15) is 0 Å². The molecule has 0 saturated heterocycles. The normalized spacial score (nSPS) is 42.4. The summed E-state index contributed by atoms with van der Waals surface area (Å²) in [5.41, 5.74) is 2.22. The molecular weight excluding hydrogens is 578 g/mol. The zero-order valence-electron chi connectivity index (χ0n) is 29.2. The summed E-state index contributed by atoms with van der Waals surface area (Å²) in [6.45, 7) is 21.4. The summed E-state index contributed by atoms with van der Waals surface area (Å²) in [7, 11) is 0. The largest absolute Gasteiger partial charge is 0.462 e. The van der Waals surface area contributed by atoms with Crippen LogP contribution in [0.25, 0.3) is 0 Å². The first-order valence-electron chi connectivity index (χ1n) is 17.7. The van der Waals surface area contributed by atoms with E-state index in [1.807, 2.05) is 0 Å². The molecule has 252 valence electrons. The van der Waals surface area contributed by atoms with E-state index in [-0.39, 0.29) is 51.4 Å². The molecule has 0 aromatic heterocycles. The summed E-state index contributed by atoms with van der Waals surface area (Å²) in [6.07, 6.45) is 11.8. The molecule has 1 aromatic carbocycles. The Labute approximate surface area is 275 Å². The van der Waals surface area contributed by atoms with Gasteiger partial charge in [0, 0.05) is 24.5 Å². The summed E-state index contributed by atoms with van der Waals surface area (Å²) >= 11 is 0. The first kappa shape index (κ1) is 33.2. The van der Waals surface area contributed by atoms with Gasteiger partial charge in [-0.1, -0.05) is 48.1 Å². The summed E-state index contributed by atoms with van der Waals surface area (Å²) in [5.74, 6) is 2.01. The fourth-order valence-electron chi connectivity index (χ4n) is 12.9. The maximum atomic E-state index is 12.9. The van der Waals surface area contributed by atoms with Gasteiger partial charge in [-0.3, -0.25) is 14.9 Å². The second-order valence-corrected chi connectivity index (χ2v) is 17.5. The van der Waals surface area contributed by atoms with Crippen molar-refractivity contribution in [3.8, 4) is 0 Å². The van der Waals surface area contributed by atoms with Crippen LogP contribution in [0.2, 0.25) is 0 Å². The summed E-state index contributed by atoms with van der Waals surface area (Å²) in [4.78, 5) is 35.4. The van der Waals surface area contributed by atoms with E-state index >= 15 is 0 Å². The monoisotopic (exact) mass is 633 g/mol. The Kier molecular flexibility index (Phi) is 8.08. The Bertz CT molecular complexity index is 1420. The maximum Gasteiger partial charge on any atom is 0.338 e. The number of rotatable bonds is 6. The Morgan fingerprint density at radius 2 is 1.57 bits per heavy atom. The number of benzene rings is 1. The molecular formula is C39H55NO6. The van der Waals surface area contributed by atoms with Gasteiger partial charge in [-0.25, -0.2) is 4.79 Å². The molecule has 1 aromatic rings. The minimum absolute atomic E-state index is 0.00508. The lowest BCUT2D eigenvalue weighted by Crippen LogP contribution is -2.66. The quantitative estimate of drug-likeness (QED) is 0.134. The number of non-ortho nitro benzene ring substituents is 1. The van der Waals surface area contributed by atoms with E-state index in [9.17, 15) is 19.7 Å². The summed E-state index contributed by atoms with van der Waals surface area (Å²) in [6, 6.07) is 5.60. The average molecular weight is 634 g/mol. The van der Waals surface area contributed by atoms with Crippen molar-refractivity contribution in [2.75, 3.05) is 6.61 Å². The first-order valence-corrected chi connectivity index (χ1v) is 17.7. The van der Waals surface area contributed by atoms with Crippen LogP contribution in [0.1, 0.15) is 123 Å². The van der Waals surface area contributed by atoms with Crippen molar-refractivity contribution in [1.29, 1.82) is 0 Å². The molecule has 0 aliphatic heterocycles. The van der Waals surface area contributed by atoms with Crippen LogP contribution in [0.5, 0.6) is 0 Å². The van der Waals surface area contributed by atoms with E-state index in [0.29, 0.717) is 35.2 Å². The molecule has 0 heterocycles. The van der Waals surface area contributed by atoms with E-state index in [1.165, 1.54) is 69.2 Å². The highest BCUT2D eigenvalue weighted by atomic mass is 16.6. The molecule has 0 spiro atoms. The molecule has 0 amide bonds. The summed E-state index contributed by atoms with van der Waals surface area (Å²) in [5, 5.41) is 11.0. The molecule has 5 aliphatic rings. The van der Waals surface area contributed by atoms with Gasteiger partial charge in [0.25, 0.3) is 5.69 Å². The van der Waals surface area contributed by atoms with Gasteiger partial charge in [0.2, 0.25) is 0 Å². The summed E-state index contributed by atoms with van der Waals surface area (Å²) < 4.78 is 11.7. The second-order valence-electron chi connectivity index (χ2n) is 17.5. The van der Waals surface area contributed by atoms with E-state index in [2.05, 4.69) is 48.1 Å². The predicted octanol–water partition coefficient (Wildman–Crippen LogP) is 9.34. The molecule has 7 heteroatoms. The van der Waals surface area contributed by atoms with Crippen molar-refractivity contribution >= 4 is 17.6 Å². The van der Waals surface area contributed by atoms with Crippen molar-refractivity contribution < 1.29 is 24.0 Å². The van der Waals surface area contributed by atoms with E-state index in [1.54, 1.807) is 6.92 Å². The lowest BCUT2D eigenvalue weighted by Gasteiger charge is -2.73. The van der Waals surface area contributed by atoms with Crippen molar-refractivity contribution in [1.82, 2.24) is 0 Å².